The average molecular weight is 414 g/mol. The number of esters is 1. The van der Waals surface area contributed by atoms with Gasteiger partial charge in [-0.05, 0) is 67.1 Å². The molecule has 4 rings (SSSR count). The highest BCUT2D eigenvalue weighted by Crippen LogP contribution is 2.43. The van der Waals surface area contributed by atoms with Crippen LogP contribution in [-0.2, 0) is 22.5 Å². The highest BCUT2D eigenvalue weighted by molar-refractivity contribution is 6.30. The van der Waals surface area contributed by atoms with Crippen LogP contribution >= 0.6 is 11.6 Å². The van der Waals surface area contributed by atoms with E-state index >= 15 is 0 Å². The summed E-state index contributed by atoms with van der Waals surface area (Å²) in [5, 5.41) is 1.65. The Bertz CT molecular complexity index is 1040. The number of benzene rings is 2. The number of halogens is 2. The normalized spacial score (nSPS) is 18.6. The maximum absolute atomic E-state index is 14.1. The van der Waals surface area contributed by atoms with Gasteiger partial charge in [0.05, 0.1) is 13.0 Å². The molecule has 1 aliphatic rings. The zero-order valence-corrected chi connectivity index (χ0v) is 17.5. The lowest BCUT2D eigenvalue weighted by Gasteiger charge is -2.29. The molecule has 5 heteroatoms. The molecule has 0 aliphatic heterocycles. The van der Waals surface area contributed by atoms with Crippen LogP contribution in [0, 0.1) is 11.7 Å². The fraction of sp³-hybridized carbons (Fsp3) is 0.375. The molecular weight excluding hydrogens is 389 g/mol. The molecule has 0 N–H and O–H groups in total. The predicted molar refractivity (Wildman–Crippen MR) is 114 cm³/mol. The van der Waals surface area contributed by atoms with E-state index in [9.17, 15) is 9.18 Å². The fourth-order valence-electron chi connectivity index (χ4n) is 4.67. The van der Waals surface area contributed by atoms with Gasteiger partial charge in [-0.15, -0.1) is 0 Å². The van der Waals surface area contributed by atoms with E-state index in [0.29, 0.717) is 30.5 Å². The van der Waals surface area contributed by atoms with Crippen LogP contribution in [0.25, 0.3) is 10.9 Å². The molecule has 152 valence electrons. The Morgan fingerprint density at radius 1 is 1.24 bits per heavy atom. The van der Waals surface area contributed by atoms with Gasteiger partial charge in [0.1, 0.15) is 5.82 Å². The molecule has 0 bridgehead atoms. The highest BCUT2D eigenvalue weighted by atomic mass is 35.5. The van der Waals surface area contributed by atoms with E-state index in [1.165, 1.54) is 11.6 Å². The summed E-state index contributed by atoms with van der Waals surface area (Å²) in [6, 6.07) is 12.8. The molecule has 0 spiro atoms. The standard InChI is InChI=1S/C24H25ClFNO2/c1-3-29-23(28)12-17-10-15(2)11-21-20-13-19(26)8-9-22(20)27(24(17)21)14-16-4-6-18(25)7-5-16/h4-9,13,15,17H,3,10-12,14H2,1-2H3. The average Bonchev–Trinajstić information content (AvgIpc) is 2.97. The third kappa shape index (κ3) is 4.04. The van der Waals surface area contributed by atoms with Crippen LogP contribution in [0.3, 0.4) is 0 Å². The number of carbonyl (C=O) groups excluding carboxylic acids is 1. The molecule has 3 aromatic rings. The molecule has 3 nitrogen and oxygen atoms in total. The lowest BCUT2D eigenvalue weighted by atomic mass is 9.79. The van der Waals surface area contributed by atoms with Crippen molar-refractivity contribution in [2.45, 2.75) is 45.6 Å². The number of hydrogen-bond donors (Lipinski definition) is 0. The molecule has 29 heavy (non-hydrogen) atoms. The summed E-state index contributed by atoms with van der Waals surface area (Å²) in [5.41, 5.74) is 4.44. The number of ether oxygens (including phenoxy) is 1. The van der Waals surface area contributed by atoms with Gasteiger partial charge in [-0.2, -0.15) is 0 Å². The van der Waals surface area contributed by atoms with Gasteiger partial charge in [0, 0.05) is 34.1 Å². The number of aromatic nitrogens is 1. The Morgan fingerprint density at radius 3 is 2.72 bits per heavy atom. The van der Waals surface area contributed by atoms with Gasteiger partial charge in [0.15, 0.2) is 0 Å². The Balaban J connectivity index is 1.85. The number of rotatable bonds is 5. The van der Waals surface area contributed by atoms with Gasteiger partial charge in [0.25, 0.3) is 0 Å². The number of nitrogens with zero attached hydrogens (tertiary/aromatic N) is 1. The second kappa shape index (κ2) is 8.19. The van der Waals surface area contributed by atoms with Crippen molar-refractivity contribution >= 4 is 28.5 Å². The van der Waals surface area contributed by atoms with Crippen molar-refractivity contribution < 1.29 is 13.9 Å². The maximum Gasteiger partial charge on any atom is 0.306 e. The molecule has 1 heterocycles. The molecule has 1 aromatic heterocycles. The number of carbonyl (C=O) groups is 1. The quantitative estimate of drug-likeness (QED) is 0.473. The van der Waals surface area contributed by atoms with Crippen LogP contribution in [0.1, 0.15) is 49.4 Å². The lowest BCUT2D eigenvalue weighted by Crippen LogP contribution is -2.22. The smallest absolute Gasteiger partial charge is 0.306 e. The first-order chi connectivity index (χ1) is 14.0. The van der Waals surface area contributed by atoms with Crippen LogP contribution in [0.4, 0.5) is 4.39 Å². The van der Waals surface area contributed by atoms with Crippen LogP contribution in [-0.4, -0.2) is 17.1 Å². The molecular formula is C24H25ClFNO2. The monoisotopic (exact) mass is 413 g/mol. The molecule has 2 atom stereocenters. The van der Waals surface area contributed by atoms with Gasteiger partial charge in [-0.25, -0.2) is 4.39 Å². The third-order valence-corrected chi connectivity index (χ3v) is 6.02. The molecule has 0 saturated carbocycles. The van der Waals surface area contributed by atoms with Crippen molar-refractivity contribution in [1.82, 2.24) is 4.57 Å². The summed E-state index contributed by atoms with van der Waals surface area (Å²) < 4.78 is 21.6. The Labute approximate surface area is 175 Å². The first-order valence-corrected chi connectivity index (χ1v) is 10.5. The van der Waals surface area contributed by atoms with E-state index in [1.807, 2.05) is 37.3 Å². The van der Waals surface area contributed by atoms with Gasteiger partial charge >= 0.3 is 5.97 Å². The molecule has 0 saturated heterocycles. The predicted octanol–water partition coefficient (Wildman–Crippen LogP) is 6.10. The van der Waals surface area contributed by atoms with Gasteiger partial charge in [0.2, 0.25) is 0 Å². The van der Waals surface area contributed by atoms with E-state index < -0.39 is 0 Å². The molecule has 1 aliphatic carbocycles. The molecule has 0 fully saturated rings. The first kappa shape index (κ1) is 20.0. The maximum atomic E-state index is 14.1. The van der Waals surface area contributed by atoms with Crippen molar-refractivity contribution in [3.05, 3.63) is 70.1 Å². The van der Waals surface area contributed by atoms with Crippen molar-refractivity contribution in [2.75, 3.05) is 6.61 Å². The highest BCUT2D eigenvalue weighted by Gasteiger charge is 2.32. The minimum Gasteiger partial charge on any atom is -0.466 e. The van der Waals surface area contributed by atoms with Gasteiger partial charge < -0.3 is 9.30 Å². The van der Waals surface area contributed by atoms with Crippen molar-refractivity contribution in [3.8, 4) is 0 Å². The summed E-state index contributed by atoms with van der Waals surface area (Å²) >= 11 is 6.05. The van der Waals surface area contributed by atoms with Crippen LogP contribution in [0.2, 0.25) is 5.02 Å². The molecule has 0 amide bonds. The summed E-state index contributed by atoms with van der Waals surface area (Å²) in [4.78, 5) is 12.3. The second-order valence-electron chi connectivity index (χ2n) is 7.99. The fourth-order valence-corrected chi connectivity index (χ4v) is 4.80. The van der Waals surface area contributed by atoms with E-state index in [4.69, 9.17) is 16.3 Å². The van der Waals surface area contributed by atoms with E-state index in [-0.39, 0.29) is 17.7 Å². The minimum absolute atomic E-state index is 0.0653. The summed E-state index contributed by atoms with van der Waals surface area (Å²) in [5.74, 6) is 0.0893. The van der Waals surface area contributed by atoms with Crippen LogP contribution in [0.15, 0.2) is 42.5 Å². The van der Waals surface area contributed by atoms with E-state index in [1.54, 1.807) is 6.07 Å². The Hall–Kier alpha value is -2.33. The second-order valence-corrected chi connectivity index (χ2v) is 8.43. The zero-order valence-electron chi connectivity index (χ0n) is 16.8. The lowest BCUT2D eigenvalue weighted by molar-refractivity contribution is -0.143. The number of fused-ring (bicyclic) bond motifs is 3. The van der Waals surface area contributed by atoms with E-state index in [2.05, 4.69) is 11.5 Å². The van der Waals surface area contributed by atoms with Gasteiger partial charge in [-0.1, -0.05) is 30.7 Å². The Kier molecular flexibility index (Phi) is 5.64. The summed E-state index contributed by atoms with van der Waals surface area (Å²) in [6.45, 7) is 5.06. The minimum atomic E-state index is -0.232. The third-order valence-electron chi connectivity index (χ3n) is 5.77. The summed E-state index contributed by atoms with van der Waals surface area (Å²) in [6.07, 6.45) is 2.16. The molecule has 2 aromatic carbocycles. The Morgan fingerprint density at radius 2 is 2.00 bits per heavy atom. The van der Waals surface area contributed by atoms with Crippen LogP contribution in [0.5, 0.6) is 0 Å². The zero-order chi connectivity index (χ0) is 20.5. The van der Waals surface area contributed by atoms with Crippen molar-refractivity contribution in [1.29, 1.82) is 0 Å². The molecule has 0 radical (unpaired) electrons. The van der Waals surface area contributed by atoms with E-state index in [0.717, 1.165) is 35.0 Å². The van der Waals surface area contributed by atoms with Crippen LogP contribution < -0.4 is 0 Å². The van der Waals surface area contributed by atoms with Gasteiger partial charge in [-0.3, -0.25) is 4.79 Å². The molecule has 2 unspecified atom stereocenters. The largest absolute Gasteiger partial charge is 0.466 e. The van der Waals surface area contributed by atoms with Crippen molar-refractivity contribution in [2.24, 2.45) is 5.92 Å². The first-order valence-electron chi connectivity index (χ1n) is 10.2. The topological polar surface area (TPSA) is 31.2 Å². The SMILES string of the molecule is CCOC(=O)CC1CC(C)Cc2c1n(Cc1ccc(Cl)cc1)c1ccc(F)cc21. The summed E-state index contributed by atoms with van der Waals surface area (Å²) in [7, 11) is 0. The number of hydrogen-bond acceptors (Lipinski definition) is 2. The van der Waals surface area contributed by atoms with Crippen molar-refractivity contribution in [3.63, 3.8) is 0 Å².